The lowest BCUT2D eigenvalue weighted by Gasteiger charge is -2.11. The summed E-state index contributed by atoms with van der Waals surface area (Å²) in [7, 11) is 0. The standard InChI is InChI=1S/C22H19FN2O4/c1-12(26)18-10-7-16(11-19(18)23)21-24-22(29-25-21)13(2)28-17-8-5-15(6-9-17)20(27)14-3-4-14/h5-11,13-14H,3-4H2,1-2H3. The predicted molar refractivity (Wildman–Crippen MR) is 102 cm³/mol. The van der Waals surface area contributed by atoms with Gasteiger partial charge in [-0.25, -0.2) is 4.39 Å². The normalized spacial score (nSPS) is 14.4. The molecule has 4 rings (SSSR count). The molecule has 148 valence electrons. The maximum absolute atomic E-state index is 14.0. The molecule has 0 saturated heterocycles. The first-order valence-corrected chi connectivity index (χ1v) is 9.38. The van der Waals surface area contributed by atoms with Gasteiger partial charge in [-0.2, -0.15) is 4.98 Å². The SMILES string of the molecule is CC(=O)c1ccc(-c2noc(C(C)Oc3ccc(C(=O)C4CC4)cc3)n2)cc1F. The van der Waals surface area contributed by atoms with Crippen LogP contribution >= 0.6 is 0 Å². The van der Waals surface area contributed by atoms with Gasteiger partial charge in [0.2, 0.25) is 5.82 Å². The van der Waals surface area contributed by atoms with Gasteiger partial charge in [-0.1, -0.05) is 11.2 Å². The van der Waals surface area contributed by atoms with E-state index in [0.717, 1.165) is 12.8 Å². The van der Waals surface area contributed by atoms with Crippen molar-refractivity contribution in [2.24, 2.45) is 5.92 Å². The summed E-state index contributed by atoms with van der Waals surface area (Å²) in [6.07, 6.45) is 1.40. The number of carbonyl (C=O) groups excluding carboxylic acids is 2. The van der Waals surface area contributed by atoms with Crippen molar-refractivity contribution in [2.75, 3.05) is 0 Å². The molecule has 29 heavy (non-hydrogen) atoms. The summed E-state index contributed by atoms with van der Waals surface area (Å²) in [6, 6.07) is 11.1. The molecule has 3 aromatic rings. The number of aromatic nitrogens is 2. The fraction of sp³-hybridized carbons (Fsp3) is 0.273. The number of carbonyl (C=O) groups is 2. The molecular formula is C22H19FN2O4. The van der Waals surface area contributed by atoms with Crippen molar-refractivity contribution in [3.8, 4) is 17.1 Å². The van der Waals surface area contributed by atoms with Gasteiger partial charge in [-0.15, -0.1) is 0 Å². The van der Waals surface area contributed by atoms with Gasteiger partial charge < -0.3 is 9.26 Å². The molecule has 1 fully saturated rings. The molecule has 1 atom stereocenters. The number of ketones is 2. The Labute approximate surface area is 166 Å². The predicted octanol–water partition coefficient (Wildman–Crippen LogP) is 4.81. The van der Waals surface area contributed by atoms with Gasteiger partial charge in [0.1, 0.15) is 11.6 Å². The van der Waals surface area contributed by atoms with E-state index in [0.29, 0.717) is 16.9 Å². The Morgan fingerprint density at radius 3 is 2.52 bits per heavy atom. The number of ether oxygens (including phenoxy) is 1. The molecule has 2 aromatic carbocycles. The monoisotopic (exact) mass is 394 g/mol. The largest absolute Gasteiger partial charge is 0.481 e. The van der Waals surface area contributed by atoms with Crippen LogP contribution in [-0.4, -0.2) is 21.7 Å². The van der Waals surface area contributed by atoms with E-state index in [1.807, 2.05) is 0 Å². The summed E-state index contributed by atoms with van der Waals surface area (Å²) >= 11 is 0. The highest BCUT2D eigenvalue weighted by atomic mass is 19.1. The molecule has 7 heteroatoms. The molecule has 0 aliphatic heterocycles. The van der Waals surface area contributed by atoms with Crippen LogP contribution in [0.1, 0.15) is 59.4 Å². The molecule has 0 N–H and O–H groups in total. The van der Waals surface area contributed by atoms with E-state index in [4.69, 9.17) is 9.26 Å². The molecule has 0 radical (unpaired) electrons. The summed E-state index contributed by atoms with van der Waals surface area (Å²) in [5.74, 6) is 0.368. The van der Waals surface area contributed by atoms with Gasteiger partial charge in [0.25, 0.3) is 5.89 Å². The van der Waals surface area contributed by atoms with Crippen LogP contribution in [0.4, 0.5) is 4.39 Å². The number of hydrogen-bond donors (Lipinski definition) is 0. The summed E-state index contributed by atoms with van der Waals surface area (Å²) in [5, 5.41) is 3.87. The topological polar surface area (TPSA) is 82.3 Å². The second-order valence-electron chi connectivity index (χ2n) is 7.13. The van der Waals surface area contributed by atoms with E-state index in [-0.39, 0.29) is 34.8 Å². The molecule has 1 aliphatic rings. The zero-order valence-electron chi connectivity index (χ0n) is 16.0. The number of benzene rings is 2. The Kier molecular flexibility index (Phi) is 4.96. The highest BCUT2D eigenvalue weighted by molar-refractivity contribution is 5.99. The third-order valence-electron chi connectivity index (χ3n) is 4.80. The number of Topliss-reactive ketones (excluding diaryl/α,β-unsaturated/α-hetero) is 2. The van der Waals surface area contributed by atoms with E-state index in [1.54, 1.807) is 37.3 Å². The summed E-state index contributed by atoms with van der Waals surface area (Å²) < 4.78 is 25.1. The third-order valence-corrected chi connectivity index (χ3v) is 4.80. The summed E-state index contributed by atoms with van der Waals surface area (Å²) in [4.78, 5) is 27.7. The van der Waals surface area contributed by atoms with Gasteiger partial charge in [-0.05, 0) is 63.1 Å². The summed E-state index contributed by atoms with van der Waals surface area (Å²) in [5.41, 5.74) is 1.10. The lowest BCUT2D eigenvalue weighted by Crippen LogP contribution is -2.05. The molecule has 0 amide bonds. The lowest BCUT2D eigenvalue weighted by atomic mass is 10.1. The highest BCUT2D eigenvalue weighted by Gasteiger charge is 2.30. The Hall–Kier alpha value is -3.35. The number of halogens is 1. The van der Waals surface area contributed by atoms with Crippen LogP contribution in [0, 0.1) is 11.7 Å². The molecule has 1 heterocycles. The van der Waals surface area contributed by atoms with Crippen molar-refractivity contribution >= 4 is 11.6 Å². The van der Waals surface area contributed by atoms with Crippen LogP contribution in [0.15, 0.2) is 47.0 Å². The molecule has 1 aromatic heterocycles. The minimum atomic E-state index is -0.633. The van der Waals surface area contributed by atoms with Crippen LogP contribution in [-0.2, 0) is 0 Å². The van der Waals surface area contributed by atoms with Crippen molar-refractivity contribution in [2.45, 2.75) is 32.8 Å². The summed E-state index contributed by atoms with van der Waals surface area (Å²) in [6.45, 7) is 3.05. The van der Waals surface area contributed by atoms with E-state index in [9.17, 15) is 14.0 Å². The van der Waals surface area contributed by atoms with E-state index >= 15 is 0 Å². The van der Waals surface area contributed by atoms with Crippen LogP contribution in [0.25, 0.3) is 11.4 Å². The Morgan fingerprint density at radius 2 is 1.90 bits per heavy atom. The maximum atomic E-state index is 14.0. The smallest absolute Gasteiger partial charge is 0.267 e. The Bertz CT molecular complexity index is 1070. The molecule has 1 saturated carbocycles. The van der Waals surface area contributed by atoms with Crippen molar-refractivity contribution in [3.63, 3.8) is 0 Å². The minimum absolute atomic E-state index is 0.0118. The Balaban J connectivity index is 1.45. The number of hydrogen-bond acceptors (Lipinski definition) is 6. The Morgan fingerprint density at radius 1 is 1.17 bits per heavy atom. The molecule has 1 aliphatic carbocycles. The number of rotatable bonds is 7. The zero-order valence-corrected chi connectivity index (χ0v) is 16.0. The second kappa shape index (κ2) is 7.58. The lowest BCUT2D eigenvalue weighted by molar-refractivity contribution is 0.0966. The first-order valence-electron chi connectivity index (χ1n) is 9.38. The van der Waals surface area contributed by atoms with Gasteiger partial charge in [0.05, 0.1) is 5.56 Å². The second-order valence-corrected chi connectivity index (χ2v) is 7.13. The van der Waals surface area contributed by atoms with Crippen LogP contribution < -0.4 is 4.74 Å². The van der Waals surface area contributed by atoms with Gasteiger partial charge in [0, 0.05) is 17.0 Å². The molecule has 0 spiro atoms. The average Bonchev–Trinajstić information content (AvgIpc) is 3.43. The molecule has 0 bridgehead atoms. The van der Waals surface area contributed by atoms with Crippen molar-refractivity contribution in [1.29, 1.82) is 0 Å². The van der Waals surface area contributed by atoms with Crippen molar-refractivity contribution < 1.29 is 23.2 Å². The van der Waals surface area contributed by atoms with E-state index in [1.165, 1.54) is 19.1 Å². The van der Waals surface area contributed by atoms with E-state index in [2.05, 4.69) is 10.1 Å². The van der Waals surface area contributed by atoms with Gasteiger partial charge in [-0.3, -0.25) is 9.59 Å². The quantitative estimate of drug-likeness (QED) is 0.535. The van der Waals surface area contributed by atoms with Gasteiger partial charge >= 0.3 is 0 Å². The maximum Gasteiger partial charge on any atom is 0.267 e. The average molecular weight is 394 g/mol. The highest BCUT2D eigenvalue weighted by Crippen LogP contribution is 2.33. The van der Waals surface area contributed by atoms with Crippen LogP contribution in [0.2, 0.25) is 0 Å². The van der Waals surface area contributed by atoms with Crippen molar-refractivity contribution in [1.82, 2.24) is 10.1 Å². The van der Waals surface area contributed by atoms with Crippen LogP contribution in [0.5, 0.6) is 5.75 Å². The first kappa shape index (κ1) is 19.0. The zero-order chi connectivity index (χ0) is 20.5. The molecule has 6 nitrogen and oxygen atoms in total. The fourth-order valence-corrected chi connectivity index (χ4v) is 2.99. The van der Waals surface area contributed by atoms with Crippen LogP contribution in [0.3, 0.4) is 0 Å². The first-order chi connectivity index (χ1) is 13.9. The van der Waals surface area contributed by atoms with Crippen molar-refractivity contribution in [3.05, 3.63) is 65.3 Å². The third kappa shape index (κ3) is 4.08. The van der Waals surface area contributed by atoms with Gasteiger partial charge in [0.15, 0.2) is 17.7 Å². The fourth-order valence-electron chi connectivity index (χ4n) is 2.99. The molecule has 1 unspecified atom stereocenters. The minimum Gasteiger partial charge on any atom is -0.481 e. The van der Waals surface area contributed by atoms with E-state index < -0.39 is 11.9 Å². The molecular weight excluding hydrogens is 375 g/mol. The number of nitrogens with zero attached hydrogens (tertiary/aromatic N) is 2.